The van der Waals surface area contributed by atoms with E-state index in [1.54, 1.807) is 17.9 Å². The fourth-order valence-electron chi connectivity index (χ4n) is 4.30. The zero-order valence-corrected chi connectivity index (χ0v) is 19.5. The molecule has 1 aromatic carbocycles. The Bertz CT molecular complexity index is 1490. The van der Waals surface area contributed by atoms with Crippen LogP contribution in [0.5, 0.6) is 0 Å². The smallest absolute Gasteiger partial charge is 0.295 e. The average Bonchev–Trinajstić information content (AvgIpc) is 3.27. The molecular weight excluding hydrogens is 485 g/mol. The first-order valence-electron chi connectivity index (χ1n) is 10.8. The zero-order chi connectivity index (χ0) is 24.9. The minimum Gasteiger partial charge on any atom is -0.373 e. The molecule has 1 fully saturated rings. The van der Waals surface area contributed by atoms with Crippen molar-refractivity contribution in [3.63, 3.8) is 0 Å². The molecule has 2 unspecified atom stereocenters. The van der Waals surface area contributed by atoms with Crippen LogP contribution in [0.3, 0.4) is 0 Å². The molecule has 3 aromatic heterocycles. The Morgan fingerprint density at radius 3 is 2.66 bits per heavy atom. The Morgan fingerprint density at radius 2 is 1.97 bits per heavy atom. The quantitative estimate of drug-likeness (QED) is 0.407. The van der Waals surface area contributed by atoms with Crippen molar-refractivity contribution < 1.29 is 17.9 Å². The van der Waals surface area contributed by atoms with Crippen molar-refractivity contribution in [1.82, 2.24) is 29.3 Å². The summed E-state index contributed by atoms with van der Waals surface area (Å²) >= 11 is 5.90. The maximum atomic E-state index is 14.9. The third kappa shape index (κ3) is 4.30. The lowest BCUT2D eigenvalue weighted by atomic mass is 9.92. The molecule has 1 saturated heterocycles. The molecule has 0 bridgehead atoms. The van der Waals surface area contributed by atoms with Gasteiger partial charge in [0.2, 0.25) is 0 Å². The van der Waals surface area contributed by atoms with Gasteiger partial charge in [-0.25, -0.2) is 28.1 Å². The average molecular weight is 505 g/mol. The van der Waals surface area contributed by atoms with E-state index in [9.17, 15) is 18.0 Å². The van der Waals surface area contributed by atoms with E-state index in [2.05, 4.69) is 20.1 Å². The van der Waals surface area contributed by atoms with Crippen molar-refractivity contribution in [2.45, 2.75) is 31.3 Å². The van der Waals surface area contributed by atoms with E-state index in [0.29, 0.717) is 25.3 Å². The molecule has 35 heavy (non-hydrogen) atoms. The van der Waals surface area contributed by atoms with E-state index >= 15 is 0 Å². The highest BCUT2D eigenvalue weighted by atomic mass is 35.5. The number of hydrogen-bond acceptors (Lipinski definition) is 6. The second-order valence-electron chi connectivity index (χ2n) is 8.41. The Balaban J connectivity index is 1.70. The Labute approximate surface area is 202 Å². The summed E-state index contributed by atoms with van der Waals surface area (Å²) in [6.45, 7) is 0.414. The lowest BCUT2D eigenvalue weighted by Crippen LogP contribution is -2.26. The molecule has 0 amide bonds. The summed E-state index contributed by atoms with van der Waals surface area (Å²) in [5.41, 5.74) is -0.274. The first kappa shape index (κ1) is 23.4. The van der Waals surface area contributed by atoms with Gasteiger partial charge in [0.1, 0.15) is 22.9 Å². The lowest BCUT2D eigenvalue weighted by molar-refractivity contribution is 0.00398. The SMILES string of the molecule is Cn1cc(C2CC(c3nc(-c4ccc(Cl)cc4F)c4nc(C(F)F)n(C)c(=O)c4n3)CCO2)cn1. The first-order valence-corrected chi connectivity index (χ1v) is 11.2. The van der Waals surface area contributed by atoms with Crippen LogP contribution in [0.15, 0.2) is 35.4 Å². The van der Waals surface area contributed by atoms with Crippen LogP contribution in [0, 0.1) is 5.82 Å². The van der Waals surface area contributed by atoms with Crippen LogP contribution >= 0.6 is 11.6 Å². The Morgan fingerprint density at radius 1 is 1.17 bits per heavy atom. The molecule has 182 valence electrons. The van der Waals surface area contributed by atoms with Gasteiger partial charge in [0.25, 0.3) is 12.0 Å². The molecule has 0 aliphatic carbocycles. The molecule has 0 radical (unpaired) electrons. The number of rotatable bonds is 4. The van der Waals surface area contributed by atoms with Crippen molar-refractivity contribution in [3.8, 4) is 11.3 Å². The van der Waals surface area contributed by atoms with Crippen LogP contribution in [-0.4, -0.2) is 35.9 Å². The molecule has 5 rings (SSSR count). The highest BCUT2D eigenvalue weighted by Crippen LogP contribution is 2.38. The number of fused-ring (bicyclic) bond motifs is 1. The van der Waals surface area contributed by atoms with Gasteiger partial charge in [0, 0.05) is 49.0 Å². The summed E-state index contributed by atoms with van der Waals surface area (Å²) in [4.78, 5) is 26.0. The number of benzene rings is 1. The predicted molar refractivity (Wildman–Crippen MR) is 122 cm³/mol. The second kappa shape index (κ2) is 9.04. The van der Waals surface area contributed by atoms with Gasteiger partial charge in [0.15, 0.2) is 11.3 Å². The van der Waals surface area contributed by atoms with Gasteiger partial charge in [0.05, 0.1) is 12.3 Å². The highest BCUT2D eigenvalue weighted by Gasteiger charge is 2.30. The molecular formula is C23H20ClF3N6O2. The third-order valence-corrected chi connectivity index (χ3v) is 6.34. The molecule has 8 nitrogen and oxygen atoms in total. The van der Waals surface area contributed by atoms with Crippen LogP contribution in [0.25, 0.3) is 22.3 Å². The number of ether oxygens (including phenoxy) is 1. The van der Waals surface area contributed by atoms with Crippen LogP contribution in [0.4, 0.5) is 13.2 Å². The van der Waals surface area contributed by atoms with Gasteiger partial charge < -0.3 is 4.74 Å². The van der Waals surface area contributed by atoms with Gasteiger partial charge in [-0.3, -0.25) is 14.0 Å². The largest absolute Gasteiger partial charge is 0.373 e. The maximum absolute atomic E-state index is 14.9. The van der Waals surface area contributed by atoms with E-state index in [4.69, 9.17) is 16.3 Å². The van der Waals surface area contributed by atoms with E-state index in [1.165, 1.54) is 19.2 Å². The highest BCUT2D eigenvalue weighted by molar-refractivity contribution is 6.30. The first-order chi connectivity index (χ1) is 16.7. The van der Waals surface area contributed by atoms with Gasteiger partial charge in [-0.05, 0) is 31.0 Å². The third-order valence-electron chi connectivity index (χ3n) is 6.11. The van der Waals surface area contributed by atoms with E-state index < -0.39 is 23.6 Å². The molecule has 4 heterocycles. The summed E-state index contributed by atoms with van der Waals surface area (Å²) in [5.74, 6) is -1.41. The molecule has 0 saturated carbocycles. The molecule has 1 aliphatic heterocycles. The standard InChI is InChI=1S/C23H20ClF3N6O2/c1-32-10-12(9-28-32)16-7-11(5-6-35-16)21-29-17(14-4-3-13(24)8-15(14)25)18-19(30-21)23(34)33(2)22(31-18)20(26)27/h3-4,8-11,16,20H,5-7H2,1-2H3. The molecule has 0 spiro atoms. The molecule has 2 atom stereocenters. The van der Waals surface area contributed by atoms with Crippen molar-refractivity contribution >= 4 is 22.6 Å². The Hall–Kier alpha value is -3.31. The summed E-state index contributed by atoms with van der Waals surface area (Å²) in [5, 5.41) is 4.34. The predicted octanol–water partition coefficient (Wildman–Crippen LogP) is 4.49. The van der Waals surface area contributed by atoms with Crippen LogP contribution in [-0.2, 0) is 18.8 Å². The van der Waals surface area contributed by atoms with Gasteiger partial charge in [-0.2, -0.15) is 5.10 Å². The normalized spacial score (nSPS) is 18.5. The summed E-state index contributed by atoms with van der Waals surface area (Å²) in [6.07, 6.45) is 1.36. The van der Waals surface area contributed by atoms with E-state index in [0.717, 1.165) is 16.2 Å². The number of halogens is 4. The second-order valence-corrected chi connectivity index (χ2v) is 8.85. The topological polar surface area (TPSA) is 87.7 Å². The summed E-state index contributed by atoms with van der Waals surface area (Å²) in [7, 11) is 3.01. The van der Waals surface area contributed by atoms with Crippen molar-refractivity contribution in [1.29, 1.82) is 0 Å². The minimum atomic E-state index is -3.02. The number of nitrogens with zero attached hydrogens (tertiary/aromatic N) is 6. The summed E-state index contributed by atoms with van der Waals surface area (Å²) < 4.78 is 50.5. The van der Waals surface area contributed by atoms with Gasteiger partial charge >= 0.3 is 0 Å². The van der Waals surface area contributed by atoms with E-state index in [1.807, 2.05) is 6.20 Å². The van der Waals surface area contributed by atoms with Crippen molar-refractivity contribution in [2.24, 2.45) is 14.1 Å². The molecule has 12 heteroatoms. The fraction of sp³-hybridized carbons (Fsp3) is 0.348. The monoisotopic (exact) mass is 504 g/mol. The van der Waals surface area contributed by atoms with Crippen LogP contribution in [0.2, 0.25) is 5.02 Å². The minimum absolute atomic E-state index is 0.0140. The number of aromatic nitrogens is 6. The van der Waals surface area contributed by atoms with E-state index in [-0.39, 0.29) is 39.3 Å². The van der Waals surface area contributed by atoms with Crippen molar-refractivity contribution in [3.05, 3.63) is 69.0 Å². The van der Waals surface area contributed by atoms with Crippen molar-refractivity contribution in [2.75, 3.05) is 6.61 Å². The summed E-state index contributed by atoms with van der Waals surface area (Å²) in [6, 6.07) is 3.93. The number of aryl methyl sites for hydroxylation is 1. The van der Waals surface area contributed by atoms with Crippen LogP contribution in [0.1, 0.15) is 48.5 Å². The van der Waals surface area contributed by atoms with Gasteiger partial charge in [-0.1, -0.05) is 11.6 Å². The molecule has 1 aliphatic rings. The number of alkyl halides is 2. The zero-order valence-electron chi connectivity index (χ0n) is 18.8. The lowest BCUT2D eigenvalue weighted by Gasteiger charge is -2.28. The number of hydrogen-bond donors (Lipinski definition) is 0. The van der Waals surface area contributed by atoms with Crippen LogP contribution < -0.4 is 5.56 Å². The molecule has 0 N–H and O–H groups in total. The Kier molecular flexibility index (Phi) is 6.06. The molecule has 4 aromatic rings. The fourth-order valence-corrected chi connectivity index (χ4v) is 4.46. The van der Waals surface area contributed by atoms with Gasteiger partial charge in [-0.15, -0.1) is 0 Å². The maximum Gasteiger partial charge on any atom is 0.295 e.